The highest BCUT2D eigenvalue weighted by Gasteiger charge is 2.28. The van der Waals surface area contributed by atoms with Gasteiger partial charge >= 0.3 is 0 Å². The van der Waals surface area contributed by atoms with Crippen molar-refractivity contribution < 1.29 is 13.5 Å². The van der Waals surface area contributed by atoms with E-state index in [0.717, 1.165) is 41.9 Å². The Morgan fingerprint density at radius 1 is 1.15 bits per heavy atom. The summed E-state index contributed by atoms with van der Waals surface area (Å²) in [5.74, 6) is -0.371. The van der Waals surface area contributed by atoms with Crippen molar-refractivity contribution in [2.24, 2.45) is 0 Å². The van der Waals surface area contributed by atoms with E-state index in [9.17, 15) is 8.78 Å². The Hall–Kier alpha value is -2.47. The van der Waals surface area contributed by atoms with Crippen LogP contribution in [0.4, 0.5) is 8.78 Å². The van der Waals surface area contributed by atoms with E-state index in [4.69, 9.17) is 17.0 Å². The van der Waals surface area contributed by atoms with E-state index in [0.29, 0.717) is 4.77 Å². The van der Waals surface area contributed by atoms with Crippen molar-refractivity contribution in [3.8, 4) is 11.4 Å². The number of rotatable bonds is 3. The predicted octanol–water partition coefficient (Wildman–Crippen LogP) is 5.29. The molecule has 2 aromatic carbocycles. The number of hydrogen-bond donors (Lipinski definition) is 1. The maximum atomic E-state index is 13.8. The van der Waals surface area contributed by atoms with Gasteiger partial charge in [-0.1, -0.05) is 6.07 Å². The van der Waals surface area contributed by atoms with Gasteiger partial charge in [-0.15, -0.1) is 0 Å². The van der Waals surface area contributed by atoms with Crippen LogP contribution < -0.4 is 4.74 Å². The van der Waals surface area contributed by atoms with Gasteiger partial charge < -0.3 is 9.72 Å². The Bertz CT molecular complexity index is 1010. The van der Waals surface area contributed by atoms with Gasteiger partial charge in [-0.2, -0.15) is 0 Å². The first kappa shape index (κ1) is 17.0. The van der Waals surface area contributed by atoms with Crippen molar-refractivity contribution in [1.29, 1.82) is 0 Å². The number of methoxy groups -OCH3 is 1. The molecule has 6 heteroatoms. The van der Waals surface area contributed by atoms with E-state index in [1.54, 1.807) is 24.3 Å². The fourth-order valence-corrected chi connectivity index (χ4v) is 4.06. The monoisotopic (exact) mass is 372 g/mol. The third-order valence-corrected chi connectivity index (χ3v) is 5.21. The number of fused-ring (bicyclic) bond motifs is 1. The Morgan fingerprint density at radius 3 is 2.65 bits per heavy atom. The first-order valence-electron chi connectivity index (χ1n) is 8.51. The molecule has 3 aromatic rings. The minimum Gasteiger partial charge on any atom is -0.494 e. The average molecular weight is 372 g/mol. The standard InChI is InChI=1S/C20H18F2N2OS/c1-25-18-11-12(5-10-16(18)22)15-3-2-4-17-19(15)24(20(26)23-17)14-8-6-13(21)7-9-14/h5-11,15H,2-4H2,1H3,(H,23,26). The second-order valence-electron chi connectivity index (χ2n) is 6.44. The Kier molecular flexibility index (Phi) is 4.36. The van der Waals surface area contributed by atoms with Crippen molar-refractivity contribution in [1.82, 2.24) is 9.55 Å². The molecule has 1 aliphatic carbocycles. The Balaban J connectivity index is 1.88. The van der Waals surface area contributed by atoms with Gasteiger partial charge in [0.05, 0.1) is 12.8 Å². The lowest BCUT2D eigenvalue weighted by Gasteiger charge is -2.25. The second kappa shape index (κ2) is 6.68. The molecule has 0 aliphatic heterocycles. The molecule has 0 radical (unpaired) electrons. The molecule has 1 aromatic heterocycles. The van der Waals surface area contributed by atoms with Gasteiger partial charge in [-0.3, -0.25) is 4.57 Å². The predicted molar refractivity (Wildman–Crippen MR) is 98.6 cm³/mol. The molecule has 1 atom stereocenters. The fraction of sp³-hybridized carbons (Fsp3) is 0.250. The van der Waals surface area contributed by atoms with Crippen LogP contribution in [0.25, 0.3) is 5.69 Å². The van der Waals surface area contributed by atoms with Gasteiger partial charge in [0.1, 0.15) is 5.82 Å². The highest BCUT2D eigenvalue weighted by molar-refractivity contribution is 7.71. The lowest BCUT2D eigenvalue weighted by molar-refractivity contribution is 0.385. The molecule has 26 heavy (non-hydrogen) atoms. The average Bonchev–Trinajstić information content (AvgIpc) is 2.99. The third kappa shape index (κ3) is 2.84. The summed E-state index contributed by atoms with van der Waals surface area (Å²) in [6.45, 7) is 0. The molecule has 1 heterocycles. The molecule has 1 aliphatic rings. The molecule has 1 N–H and O–H groups in total. The Morgan fingerprint density at radius 2 is 1.92 bits per heavy atom. The van der Waals surface area contributed by atoms with Crippen molar-refractivity contribution in [3.05, 3.63) is 75.8 Å². The van der Waals surface area contributed by atoms with E-state index < -0.39 is 0 Å². The van der Waals surface area contributed by atoms with Crippen LogP contribution in [0.1, 0.15) is 35.7 Å². The highest BCUT2D eigenvalue weighted by Crippen LogP contribution is 2.39. The van der Waals surface area contributed by atoms with E-state index in [-0.39, 0.29) is 23.3 Å². The summed E-state index contributed by atoms with van der Waals surface area (Å²) in [5.41, 5.74) is 3.93. The maximum absolute atomic E-state index is 13.8. The van der Waals surface area contributed by atoms with E-state index >= 15 is 0 Å². The van der Waals surface area contributed by atoms with Gasteiger partial charge in [-0.25, -0.2) is 8.78 Å². The van der Waals surface area contributed by atoms with Crippen LogP contribution in [0, 0.1) is 16.4 Å². The van der Waals surface area contributed by atoms with E-state index in [1.165, 1.54) is 25.3 Å². The van der Waals surface area contributed by atoms with Gasteiger partial charge in [0, 0.05) is 17.3 Å². The second-order valence-corrected chi connectivity index (χ2v) is 6.83. The van der Waals surface area contributed by atoms with Gasteiger partial charge in [0.15, 0.2) is 16.3 Å². The molecule has 0 fully saturated rings. The lowest BCUT2D eigenvalue weighted by Crippen LogP contribution is -2.15. The van der Waals surface area contributed by atoms with Crippen LogP contribution in [0.3, 0.4) is 0 Å². The molecule has 0 saturated heterocycles. The molecular formula is C20H18F2N2OS. The normalized spacial score (nSPS) is 16.3. The van der Waals surface area contributed by atoms with Crippen molar-refractivity contribution in [3.63, 3.8) is 0 Å². The summed E-state index contributed by atoms with van der Waals surface area (Å²) < 4.78 is 34.9. The molecule has 4 rings (SSSR count). The molecule has 3 nitrogen and oxygen atoms in total. The highest BCUT2D eigenvalue weighted by atomic mass is 32.1. The number of halogens is 2. The fourth-order valence-electron chi connectivity index (χ4n) is 3.73. The number of ether oxygens (including phenoxy) is 1. The van der Waals surface area contributed by atoms with Crippen LogP contribution in [-0.2, 0) is 6.42 Å². The summed E-state index contributed by atoms with van der Waals surface area (Å²) in [4.78, 5) is 3.30. The number of aryl methyl sites for hydroxylation is 1. The smallest absolute Gasteiger partial charge is 0.182 e. The van der Waals surface area contributed by atoms with Gasteiger partial charge in [-0.05, 0) is 73.4 Å². The largest absolute Gasteiger partial charge is 0.494 e. The van der Waals surface area contributed by atoms with E-state index in [1.807, 2.05) is 4.57 Å². The van der Waals surface area contributed by atoms with E-state index in [2.05, 4.69) is 4.98 Å². The molecule has 0 saturated carbocycles. The quantitative estimate of drug-likeness (QED) is 0.633. The first-order chi connectivity index (χ1) is 12.6. The van der Waals surface area contributed by atoms with Crippen molar-refractivity contribution in [2.75, 3.05) is 7.11 Å². The van der Waals surface area contributed by atoms with Crippen LogP contribution in [0.2, 0.25) is 0 Å². The topological polar surface area (TPSA) is 29.9 Å². The number of hydrogen-bond acceptors (Lipinski definition) is 2. The SMILES string of the molecule is COc1cc(C2CCCc3[nH]c(=S)n(-c4ccc(F)cc4)c32)ccc1F. The van der Waals surface area contributed by atoms with Crippen molar-refractivity contribution >= 4 is 12.2 Å². The summed E-state index contributed by atoms with van der Waals surface area (Å²) >= 11 is 5.54. The summed E-state index contributed by atoms with van der Waals surface area (Å²) in [6.07, 6.45) is 2.84. The van der Waals surface area contributed by atoms with Crippen LogP contribution in [0.5, 0.6) is 5.75 Å². The number of aromatic amines is 1. The number of nitrogens with one attached hydrogen (secondary N) is 1. The molecule has 0 spiro atoms. The number of nitrogens with zero attached hydrogens (tertiary/aromatic N) is 1. The lowest BCUT2D eigenvalue weighted by atomic mass is 9.84. The molecular weight excluding hydrogens is 354 g/mol. The maximum Gasteiger partial charge on any atom is 0.182 e. The third-order valence-electron chi connectivity index (χ3n) is 4.92. The number of imidazole rings is 1. The van der Waals surface area contributed by atoms with Crippen LogP contribution >= 0.6 is 12.2 Å². The minimum atomic E-state index is -0.378. The van der Waals surface area contributed by atoms with Gasteiger partial charge in [0.2, 0.25) is 0 Å². The Labute approximate surface area is 155 Å². The van der Waals surface area contributed by atoms with Gasteiger partial charge in [0.25, 0.3) is 0 Å². The summed E-state index contributed by atoms with van der Waals surface area (Å²) in [5, 5.41) is 0. The number of H-pyrrole nitrogens is 1. The molecule has 134 valence electrons. The summed E-state index contributed by atoms with van der Waals surface area (Å²) in [7, 11) is 1.46. The zero-order chi connectivity index (χ0) is 18.3. The zero-order valence-electron chi connectivity index (χ0n) is 14.3. The zero-order valence-corrected chi connectivity index (χ0v) is 15.1. The summed E-state index contributed by atoms with van der Waals surface area (Å²) in [6, 6.07) is 11.3. The first-order valence-corrected chi connectivity index (χ1v) is 8.92. The molecule has 0 amide bonds. The van der Waals surface area contributed by atoms with Crippen molar-refractivity contribution in [2.45, 2.75) is 25.2 Å². The van der Waals surface area contributed by atoms with Crippen LogP contribution in [-0.4, -0.2) is 16.7 Å². The van der Waals surface area contributed by atoms with Crippen LogP contribution in [0.15, 0.2) is 42.5 Å². The number of aromatic nitrogens is 2. The number of benzene rings is 2. The molecule has 1 unspecified atom stereocenters. The molecule has 0 bridgehead atoms. The minimum absolute atomic E-state index is 0.0613.